The fraction of sp³-hybridized carbons (Fsp3) is 0.588. The van der Waals surface area contributed by atoms with Gasteiger partial charge in [-0.3, -0.25) is 4.79 Å². The van der Waals surface area contributed by atoms with Gasteiger partial charge < -0.3 is 10.6 Å². The first-order valence-electron chi connectivity index (χ1n) is 7.92. The van der Waals surface area contributed by atoms with Crippen LogP contribution in [0.4, 0.5) is 0 Å². The Labute approximate surface area is 130 Å². The second kappa shape index (κ2) is 4.72. The minimum atomic E-state index is -0.192. The van der Waals surface area contributed by atoms with Crippen LogP contribution in [-0.4, -0.2) is 18.5 Å². The van der Waals surface area contributed by atoms with E-state index in [2.05, 4.69) is 16.7 Å². The Balaban J connectivity index is 1.50. The summed E-state index contributed by atoms with van der Waals surface area (Å²) in [7, 11) is 0. The lowest BCUT2D eigenvalue weighted by molar-refractivity contribution is -0.126. The molecule has 1 aromatic rings. The maximum atomic E-state index is 12.6. The van der Waals surface area contributed by atoms with Gasteiger partial charge in [-0.05, 0) is 61.6 Å². The number of carbonyl (C=O) groups excluding carboxylic acids is 1. The van der Waals surface area contributed by atoms with Crippen molar-refractivity contribution in [1.82, 2.24) is 10.6 Å². The van der Waals surface area contributed by atoms with E-state index in [1.165, 1.54) is 12.8 Å². The third-order valence-corrected chi connectivity index (χ3v) is 5.82. The van der Waals surface area contributed by atoms with Crippen LogP contribution in [-0.2, 0) is 10.3 Å². The standard InChI is InChI=1S/C17H21ClN2O/c18-13-4-1-3-12(9-13)17(5-2-6-17)20-15(21)14-10-16(7-8-16)11-19-14/h1,3-4,9,14,19H,2,5-8,10-11H2,(H,20,21)/t14-/m0/s1. The van der Waals surface area contributed by atoms with Crippen molar-refractivity contribution in [1.29, 1.82) is 0 Å². The van der Waals surface area contributed by atoms with Crippen molar-refractivity contribution in [3.63, 3.8) is 0 Å². The molecule has 1 aromatic carbocycles. The van der Waals surface area contributed by atoms with E-state index < -0.39 is 0 Å². The predicted octanol–water partition coefficient (Wildman–Crippen LogP) is 2.98. The van der Waals surface area contributed by atoms with Crippen molar-refractivity contribution in [2.45, 2.75) is 50.1 Å². The minimum Gasteiger partial charge on any atom is -0.345 e. The number of hydrogen-bond donors (Lipinski definition) is 2. The van der Waals surface area contributed by atoms with Crippen LogP contribution in [0.15, 0.2) is 24.3 Å². The topological polar surface area (TPSA) is 41.1 Å². The van der Waals surface area contributed by atoms with Crippen LogP contribution in [0.25, 0.3) is 0 Å². The van der Waals surface area contributed by atoms with Gasteiger partial charge in [0.2, 0.25) is 5.91 Å². The molecule has 0 radical (unpaired) electrons. The molecule has 2 aliphatic carbocycles. The van der Waals surface area contributed by atoms with Crippen LogP contribution in [0.1, 0.15) is 44.1 Å². The first-order valence-corrected chi connectivity index (χ1v) is 8.30. The molecule has 2 saturated carbocycles. The average Bonchev–Trinajstić information content (AvgIpc) is 3.03. The van der Waals surface area contributed by atoms with E-state index in [-0.39, 0.29) is 17.5 Å². The van der Waals surface area contributed by atoms with Crippen molar-refractivity contribution >= 4 is 17.5 Å². The SMILES string of the molecule is O=C(NC1(c2cccc(Cl)c2)CCC1)[C@@H]1CC2(CC2)CN1. The first kappa shape index (κ1) is 13.6. The quantitative estimate of drug-likeness (QED) is 0.901. The second-order valence-corrected chi connectivity index (χ2v) is 7.51. The van der Waals surface area contributed by atoms with Crippen molar-refractivity contribution in [2.24, 2.45) is 5.41 Å². The summed E-state index contributed by atoms with van der Waals surface area (Å²) in [4.78, 5) is 12.6. The largest absolute Gasteiger partial charge is 0.345 e. The fourth-order valence-corrected chi connectivity index (χ4v) is 3.98. The molecule has 1 saturated heterocycles. The molecule has 1 heterocycles. The smallest absolute Gasteiger partial charge is 0.237 e. The van der Waals surface area contributed by atoms with E-state index in [1.54, 1.807) is 0 Å². The Kier molecular flexibility index (Phi) is 3.05. The van der Waals surface area contributed by atoms with E-state index in [1.807, 2.05) is 18.2 Å². The summed E-state index contributed by atoms with van der Waals surface area (Å²) in [6, 6.07) is 7.91. The highest BCUT2D eigenvalue weighted by Crippen LogP contribution is 2.52. The number of amides is 1. The van der Waals surface area contributed by atoms with Gasteiger partial charge in [-0.15, -0.1) is 0 Å². The summed E-state index contributed by atoms with van der Waals surface area (Å²) in [5.41, 5.74) is 1.40. The Morgan fingerprint density at radius 3 is 2.67 bits per heavy atom. The summed E-state index contributed by atoms with van der Waals surface area (Å²) < 4.78 is 0. The molecule has 21 heavy (non-hydrogen) atoms. The molecule has 1 aliphatic heterocycles. The highest BCUT2D eigenvalue weighted by molar-refractivity contribution is 6.30. The van der Waals surface area contributed by atoms with Crippen molar-refractivity contribution < 1.29 is 4.79 Å². The molecule has 1 amide bonds. The highest BCUT2D eigenvalue weighted by atomic mass is 35.5. The molecule has 0 bridgehead atoms. The molecule has 1 spiro atoms. The van der Waals surface area contributed by atoms with Crippen molar-refractivity contribution in [3.05, 3.63) is 34.9 Å². The number of benzene rings is 1. The summed E-state index contributed by atoms with van der Waals surface area (Å²) in [6.07, 6.45) is 6.75. The molecule has 112 valence electrons. The molecule has 4 rings (SSSR count). The molecule has 4 heteroatoms. The zero-order valence-corrected chi connectivity index (χ0v) is 12.9. The minimum absolute atomic E-state index is 0.0100. The van der Waals surface area contributed by atoms with E-state index in [4.69, 9.17) is 11.6 Å². The Bertz CT molecular complexity index is 578. The van der Waals surface area contributed by atoms with Crippen LogP contribution >= 0.6 is 11.6 Å². The van der Waals surface area contributed by atoms with Gasteiger partial charge in [0.1, 0.15) is 0 Å². The Morgan fingerprint density at radius 2 is 2.10 bits per heavy atom. The highest BCUT2D eigenvalue weighted by Gasteiger charge is 2.51. The molecule has 2 N–H and O–H groups in total. The zero-order chi connectivity index (χ0) is 14.5. The van der Waals surface area contributed by atoms with E-state index in [0.29, 0.717) is 5.41 Å². The lowest BCUT2D eigenvalue weighted by Crippen LogP contribution is -2.55. The van der Waals surface area contributed by atoms with E-state index in [0.717, 1.165) is 42.8 Å². The molecule has 1 atom stereocenters. The maximum absolute atomic E-state index is 12.6. The molecular weight excluding hydrogens is 284 g/mol. The van der Waals surface area contributed by atoms with Crippen molar-refractivity contribution in [3.8, 4) is 0 Å². The Hall–Kier alpha value is -1.06. The van der Waals surface area contributed by atoms with Crippen molar-refractivity contribution in [2.75, 3.05) is 6.54 Å². The molecule has 3 fully saturated rings. The van der Waals surface area contributed by atoms with Gasteiger partial charge in [0.15, 0.2) is 0 Å². The van der Waals surface area contributed by atoms with Crippen LogP contribution in [0.5, 0.6) is 0 Å². The van der Waals surface area contributed by atoms with Gasteiger partial charge in [0, 0.05) is 11.6 Å². The number of carbonyl (C=O) groups is 1. The summed E-state index contributed by atoms with van der Waals surface area (Å²) in [5, 5.41) is 7.47. The monoisotopic (exact) mass is 304 g/mol. The van der Waals surface area contributed by atoms with Gasteiger partial charge in [0.05, 0.1) is 11.6 Å². The normalized spacial score (nSPS) is 28.1. The van der Waals surface area contributed by atoms with Crippen LogP contribution < -0.4 is 10.6 Å². The third kappa shape index (κ3) is 2.36. The van der Waals surface area contributed by atoms with Crippen LogP contribution in [0, 0.1) is 5.41 Å². The Morgan fingerprint density at radius 1 is 1.29 bits per heavy atom. The molecule has 3 aliphatic rings. The summed E-state index contributed by atoms with van der Waals surface area (Å²) in [5.74, 6) is 0.165. The zero-order valence-electron chi connectivity index (χ0n) is 12.1. The summed E-state index contributed by atoms with van der Waals surface area (Å²) >= 11 is 6.12. The number of rotatable bonds is 3. The maximum Gasteiger partial charge on any atom is 0.237 e. The number of halogens is 1. The number of hydrogen-bond acceptors (Lipinski definition) is 2. The van der Waals surface area contributed by atoms with Gasteiger partial charge in [0.25, 0.3) is 0 Å². The van der Waals surface area contributed by atoms with Crippen LogP contribution in [0.2, 0.25) is 5.02 Å². The van der Waals surface area contributed by atoms with Gasteiger partial charge in [-0.2, -0.15) is 0 Å². The lowest BCUT2D eigenvalue weighted by Gasteiger charge is -2.43. The summed E-state index contributed by atoms with van der Waals surface area (Å²) in [6.45, 7) is 1.01. The third-order valence-electron chi connectivity index (χ3n) is 5.58. The molecule has 3 nitrogen and oxygen atoms in total. The van der Waals surface area contributed by atoms with Crippen LogP contribution in [0.3, 0.4) is 0 Å². The molecule has 0 aromatic heterocycles. The molecule has 0 unspecified atom stereocenters. The first-order chi connectivity index (χ1) is 10.1. The number of nitrogens with one attached hydrogen (secondary N) is 2. The van der Waals surface area contributed by atoms with E-state index in [9.17, 15) is 4.79 Å². The van der Waals surface area contributed by atoms with E-state index >= 15 is 0 Å². The fourth-order valence-electron chi connectivity index (χ4n) is 3.79. The lowest BCUT2D eigenvalue weighted by atomic mass is 9.71. The van der Waals surface area contributed by atoms with Gasteiger partial charge >= 0.3 is 0 Å². The predicted molar refractivity (Wildman–Crippen MR) is 83.2 cm³/mol. The van der Waals surface area contributed by atoms with Gasteiger partial charge in [-0.25, -0.2) is 0 Å². The molecular formula is C17H21ClN2O. The second-order valence-electron chi connectivity index (χ2n) is 7.07. The average molecular weight is 305 g/mol. The van der Waals surface area contributed by atoms with Gasteiger partial charge in [-0.1, -0.05) is 23.7 Å².